The zero-order valence-corrected chi connectivity index (χ0v) is 62.0. The van der Waals surface area contributed by atoms with Gasteiger partial charge in [-0.2, -0.15) is 0 Å². The summed E-state index contributed by atoms with van der Waals surface area (Å²) in [6, 6.07) is -0.887. The molecule has 8 nitrogen and oxygen atoms in total. The minimum absolute atomic E-state index is 0.00130. The Bertz CT molecular complexity index is 1610. The fourth-order valence-electron chi connectivity index (χ4n) is 12.3. The lowest BCUT2D eigenvalue weighted by molar-refractivity contribution is -0.870. The summed E-state index contributed by atoms with van der Waals surface area (Å²) in [4.78, 5) is 25.7. The highest BCUT2D eigenvalue weighted by atomic mass is 31.2. The number of allylic oxidation sites excluding steroid dienone is 7. The van der Waals surface area contributed by atoms with Crippen LogP contribution in [0.1, 0.15) is 412 Å². The number of hydrogen-bond donors (Lipinski definition) is 2. The Balaban J connectivity index is 3.91. The quantitative estimate of drug-likeness (QED) is 0.0272. The summed E-state index contributed by atoms with van der Waals surface area (Å²) in [5.74, 6) is -0.188. The Labute approximate surface area is 562 Å². The number of hydrogen-bond acceptors (Lipinski definition) is 6. The topological polar surface area (TPSA) is 108 Å². The molecule has 0 bridgehead atoms. The first-order valence-electron chi connectivity index (χ1n) is 40.0. The van der Waals surface area contributed by atoms with Crippen LogP contribution < -0.4 is 10.2 Å². The lowest BCUT2D eigenvalue weighted by Crippen LogP contribution is -2.45. The van der Waals surface area contributed by atoms with Gasteiger partial charge in [0.2, 0.25) is 5.91 Å². The molecule has 0 aromatic rings. The molecular formula is C81H157N2O6P. The molecule has 9 heteroatoms. The third-order valence-electron chi connectivity index (χ3n) is 18.5. The lowest BCUT2D eigenvalue weighted by Gasteiger charge is -2.29. The molecule has 1 amide bonds. The van der Waals surface area contributed by atoms with E-state index in [-0.39, 0.29) is 19.1 Å². The van der Waals surface area contributed by atoms with E-state index in [0.29, 0.717) is 17.4 Å². The zero-order chi connectivity index (χ0) is 65.5. The van der Waals surface area contributed by atoms with E-state index in [4.69, 9.17) is 9.05 Å². The van der Waals surface area contributed by atoms with Gasteiger partial charge in [0.15, 0.2) is 0 Å². The summed E-state index contributed by atoms with van der Waals surface area (Å²) in [6.45, 7) is 4.70. The SMILES string of the molecule is CCCCCCC/C=C\C/C=C\C/C=C\CCCCCCCCCCCCCCCCCCCCCCCCCCCCC(=O)NC(COP(=O)([O-])OCC[N+](C)(C)C)C(O)/C=C/CCCCCCCCCCCCCCCCCCCCCCCCCCC. The number of quaternary nitrogens is 1. The summed E-state index contributed by atoms with van der Waals surface area (Å²) in [5.41, 5.74) is 0. The standard InChI is InChI=1S/C81H157N2O6P/c1-6-8-10-12-14-16-18-20-22-24-26-28-30-32-34-35-36-37-38-39-40-41-42-43-44-45-46-47-49-51-53-55-57-59-61-63-65-67-69-71-73-75-81(85)82-79(78-89-90(86,87)88-77-76-83(3,4)5)80(84)74-72-70-68-66-64-62-60-58-56-54-52-50-48-33-31-29-27-25-23-21-19-17-15-13-11-9-7-2/h18,20,24,26,30,32,72,74,79-80,84H,6-17,19,21-23,25,27-29,31,33-71,73,75-78H2,1-5H3,(H-,82,85,86,87)/b20-18-,26-24-,32-30-,74-72+. The van der Waals surface area contributed by atoms with Crippen molar-refractivity contribution in [3.63, 3.8) is 0 Å². The summed E-state index contributed by atoms with van der Waals surface area (Å²) in [7, 11) is 1.28. The van der Waals surface area contributed by atoms with E-state index in [9.17, 15) is 19.4 Å². The van der Waals surface area contributed by atoms with Crippen molar-refractivity contribution >= 4 is 13.7 Å². The van der Waals surface area contributed by atoms with E-state index in [1.807, 2.05) is 27.2 Å². The zero-order valence-electron chi connectivity index (χ0n) is 61.1. The lowest BCUT2D eigenvalue weighted by atomic mass is 10.0. The van der Waals surface area contributed by atoms with E-state index in [2.05, 4.69) is 55.6 Å². The first kappa shape index (κ1) is 88.5. The van der Waals surface area contributed by atoms with E-state index in [1.54, 1.807) is 6.08 Å². The van der Waals surface area contributed by atoms with Gasteiger partial charge in [-0.05, 0) is 57.8 Å². The number of amides is 1. The molecule has 2 N–H and O–H groups in total. The number of phosphoric acid groups is 1. The number of unbranched alkanes of at least 4 members (excludes halogenated alkanes) is 56. The van der Waals surface area contributed by atoms with Crippen LogP contribution in [0.4, 0.5) is 0 Å². The largest absolute Gasteiger partial charge is 0.756 e. The molecule has 532 valence electrons. The van der Waals surface area contributed by atoms with Crippen LogP contribution >= 0.6 is 7.82 Å². The number of likely N-dealkylation sites (N-methyl/N-ethyl adjacent to an activating group) is 1. The van der Waals surface area contributed by atoms with Gasteiger partial charge in [0.1, 0.15) is 13.2 Å². The Morgan fingerprint density at radius 2 is 0.644 bits per heavy atom. The normalized spacial score (nSPS) is 13.7. The molecule has 0 aliphatic rings. The van der Waals surface area contributed by atoms with Crippen LogP contribution in [0.3, 0.4) is 0 Å². The van der Waals surface area contributed by atoms with Crippen molar-refractivity contribution in [1.29, 1.82) is 0 Å². The first-order valence-corrected chi connectivity index (χ1v) is 41.5. The van der Waals surface area contributed by atoms with Crippen molar-refractivity contribution in [2.75, 3.05) is 40.9 Å². The summed E-state index contributed by atoms with van der Waals surface area (Å²) >= 11 is 0. The van der Waals surface area contributed by atoms with Crippen molar-refractivity contribution in [2.24, 2.45) is 0 Å². The molecule has 0 heterocycles. The molecular weight excluding hydrogens is 1130 g/mol. The molecule has 3 unspecified atom stereocenters. The predicted molar refractivity (Wildman–Crippen MR) is 395 cm³/mol. The van der Waals surface area contributed by atoms with Crippen molar-refractivity contribution in [1.82, 2.24) is 5.32 Å². The number of aliphatic hydroxyl groups excluding tert-OH is 1. The van der Waals surface area contributed by atoms with Gasteiger partial charge in [0, 0.05) is 6.42 Å². The summed E-state index contributed by atoms with van der Waals surface area (Å²) < 4.78 is 23.5. The van der Waals surface area contributed by atoms with Gasteiger partial charge < -0.3 is 28.8 Å². The highest BCUT2D eigenvalue weighted by Gasteiger charge is 2.23. The molecule has 0 rings (SSSR count). The Kier molecular flexibility index (Phi) is 70.5. The van der Waals surface area contributed by atoms with Gasteiger partial charge in [-0.3, -0.25) is 9.36 Å². The second-order valence-electron chi connectivity index (χ2n) is 28.8. The summed E-state index contributed by atoms with van der Waals surface area (Å²) in [5, 5.41) is 14.0. The molecule has 0 aliphatic heterocycles. The smallest absolute Gasteiger partial charge is 0.268 e. The van der Waals surface area contributed by atoms with Gasteiger partial charge in [-0.1, -0.05) is 396 Å². The number of nitrogens with one attached hydrogen (secondary N) is 1. The second-order valence-corrected chi connectivity index (χ2v) is 30.2. The highest BCUT2D eigenvalue weighted by molar-refractivity contribution is 7.45. The molecule has 0 aromatic carbocycles. The third kappa shape index (κ3) is 73.9. The molecule has 0 fully saturated rings. The third-order valence-corrected chi connectivity index (χ3v) is 19.5. The van der Waals surface area contributed by atoms with E-state index < -0.39 is 20.0 Å². The van der Waals surface area contributed by atoms with Gasteiger partial charge >= 0.3 is 0 Å². The van der Waals surface area contributed by atoms with Gasteiger partial charge in [0.25, 0.3) is 7.82 Å². The average molecular weight is 1290 g/mol. The van der Waals surface area contributed by atoms with Crippen molar-refractivity contribution in [3.05, 3.63) is 48.6 Å². The van der Waals surface area contributed by atoms with Crippen molar-refractivity contribution in [3.8, 4) is 0 Å². The maximum Gasteiger partial charge on any atom is 0.268 e. The fourth-order valence-corrected chi connectivity index (χ4v) is 13.1. The first-order chi connectivity index (χ1) is 44.0. The Morgan fingerprint density at radius 3 is 0.933 bits per heavy atom. The average Bonchev–Trinajstić information content (AvgIpc) is 3.09. The minimum Gasteiger partial charge on any atom is -0.756 e. The van der Waals surface area contributed by atoms with Crippen LogP contribution in [0, 0.1) is 0 Å². The number of rotatable bonds is 75. The van der Waals surface area contributed by atoms with Crippen LogP contribution in [0.5, 0.6) is 0 Å². The second kappa shape index (κ2) is 71.7. The predicted octanol–water partition coefficient (Wildman–Crippen LogP) is 25.5. The van der Waals surface area contributed by atoms with Crippen LogP contribution in [0.15, 0.2) is 48.6 Å². The maximum absolute atomic E-state index is 13.1. The monoisotopic (exact) mass is 1290 g/mol. The molecule has 0 radical (unpaired) electrons. The van der Waals surface area contributed by atoms with Gasteiger partial charge in [-0.15, -0.1) is 0 Å². The number of phosphoric ester groups is 1. The Morgan fingerprint density at radius 1 is 0.389 bits per heavy atom. The maximum atomic E-state index is 13.1. The molecule has 0 aromatic heterocycles. The molecule has 0 saturated carbocycles. The minimum atomic E-state index is -4.61. The van der Waals surface area contributed by atoms with Gasteiger partial charge in [0.05, 0.1) is 39.9 Å². The van der Waals surface area contributed by atoms with E-state index in [1.165, 1.54) is 340 Å². The fraction of sp³-hybridized carbons (Fsp3) is 0.889. The molecule has 0 spiro atoms. The highest BCUT2D eigenvalue weighted by Crippen LogP contribution is 2.38. The van der Waals surface area contributed by atoms with E-state index >= 15 is 0 Å². The van der Waals surface area contributed by atoms with Crippen LogP contribution in [-0.4, -0.2) is 68.5 Å². The number of carbonyl (C=O) groups excluding carboxylic acids is 1. The number of carbonyl (C=O) groups is 1. The van der Waals surface area contributed by atoms with Crippen molar-refractivity contribution < 1.29 is 32.9 Å². The van der Waals surface area contributed by atoms with Crippen molar-refractivity contribution in [2.45, 2.75) is 424 Å². The number of nitrogens with zero attached hydrogens (tertiary/aromatic N) is 1. The van der Waals surface area contributed by atoms with Gasteiger partial charge in [-0.25, -0.2) is 0 Å². The molecule has 0 saturated heterocycles. The van der Waals surface area contributed by atoms with E-state index in [0.717, 1.165) is 51.4 Å². The number of aliphatic hydroxyl groups is 1. The van der Waals surface area contributed by atoms with Crippen LogP contribution in [-0.2, 0) is 18.4 Å². The Hall–Kier alpha value is -1.54. The molecule has 0 aliphatic carbocycles. The summed E-state index contributed by atoms with van der Waals surface area (Å²) in [6.07, 6.45) is 98.5. The van der Waals surface area contributed by atoms with Crippen LogP contribution in [0.2, 0.25) is 0 Å². The molecule has 3 atom stereocenters. The van der Waals surface area contributed by atoms with Crippen LogP contribution in [0.25, 0.3) is 0 Å². The molecule has 90 heavy (non-hydrogen) atoms.